The van der Waals surface area contributed by atoms with Crippen molar-refractivity contribution in [3.05, 3.63) is 124 Å². The quantitative estimate of drug-likeness (QED) is 0.109. The summed E-state index contributed by atoms with van der Waals surface area (Å²) in [5, 5.41) is 34.5. The van der Waals surface area contributed by atoms with Crippen molar-refractivity contribution in [2.75, 3.05) is 33.1 Å². The van der Waals surface area contributed by atoms with Gasteiger partial charge < -0.3 is 19.7 Å². The molecule has 5 rings (SSSR count). The summed E-state index contributed by atoms with van der Waals surface area (Å²) in [5.74, 6) is -3.04. The first-order chi connectivity index (χ1) is 23.8. The standard InChI is InChI=1S/C35H34F2N6O5S/c1-24(33-41-32(19-49-33)27-7-5-25(17-38)6-8-27)35(20-43-22-39-21-40-43,30-10-9-29(36)16-31(30)37)48-23-47-34(46)28-4-2-3-26(15-28)18-42(11-13-44)12-14-45/h2-10,15-16,19,21-22,24,44-45H,11-14,18,20,23H2,1H3/t24-,35+/m0/s1. The molecule has 254 valence electrons. The van der Waals surface area contributed by atoms with Crippen molar-refractivity contribution in [2.45, 2.75) is 31.5 Å². The first-order valence-corrected chi connectivity index (χ1v) is 16.2. The number of thiazole rings is 1. The van der Waals surface area contributed by atoms with Crippen molar-refractivity contribution in [3.8, 4) is 17.3 Å². The molecule has 49 heavy (non-hydrogen) atoms. The fourth-order valence-corrected chi connectivity index (χ4v) is 6.47. The van der Waals surface area contributed by atoms with E-state index in [1.165, 1.54) is 34.7 Å². The maximum atomic E-state index is 15.7. The van der Waals surface area contributed by atoms with E-state index in [4.69, 9.17) is 14.5 Å². The number of nitrogens with zero attached hydrogens (tertiary/aromatic N) is 6. The zero-order valence-electron chi connectivity index (χ0n) is 26.6. The fraction of sp³-hybridized carbons (Fsp3) is 0.286. The van der Waals surface area contributed by atoms with E-state index in [1.54, 1.807) is 49.4 Å². The minimum absolute atomic E-state index is 0.00192. The number of halogens is 2. The summed E-state index contributed by atoms with van der Waals surface area (Å²) >= 11 is 1.31. The van der Waals surface area contributed by atoms with Gasteiger partial charge >= 0.3 is 5.97 Å². The summed E-state index contributed by atoms with van der Waals surface area (Å²) in [7, 11) is 0. The lowest BCUT2D eigenvalue weighted by Crippen LogP contribution is -2.42. The number of aromatic nitrogens is 4. The summed E-state index contributed by atoms with van der Waals surface area (Å²) in [6.45, 7) is 2.01. The zero-order valence-corrected chi connectivity index (χ0v) is 27.4. The highest BCUT2D eigenvalue weighted by atomic mass is 32.1. The Labute approximate surface area is 285 Å². The molecule has 5 aromatic rings. The lowest BCUT2D eigenvalue weighted by atomic mass is 9.81. The van der Waals surface area contributed by atoms with Crippen LogP contribution in [0.1, 0.15) is 44.9 Å². The number of rotatable bonds is 16. The molecule has 2 atom stereocenters. The highest BCUT2D eigenvalue weighted by Crippen LogP contribution is 2.44. The summed E-state index contributed by atoms with van der Waals surface area (Å²) < 4.78 is 43.4. The lowest BCUT2D eigenvalue weighted by molar-refractivity contribution is -0.148. The molecule has 2 heterocycles. The van der Waals surface area contributed by atoms with Gasteiger partial charge in [-0.2, -0.15) is 10.4 Å². The van der Waals surface area contributed by atoms with E-state index in [0.29, 0.717) is 35.9 Å². The number of benzene rings is 3. The molecule has 0 saturated heterocycles. The van der Waals surface area contributed by atoms with Gasteiger partial charge in [0.25, 0.3) is 0 Å². The van der Waals surface area contributed by atoms with E-state index in [2.05, 4.69) is 16.2 Å². The van der Waals surface area contributed by atoms with E-state index >= 15 is 4.39 Å². The normalized spacial score (nSPS) is 13.2. The van der Waals surface area contributed by atoms with Crippen LogP contribution in [0.25, 0.3) is 11.3 Å². The highest BCUT2D eigenvalue weighted by Gasteiger charge is 2.45. The maximum absolute atomic E-state index is 15.7. The second-order valence-corrected chi connectivity index (χ2v) is 12.1. The smallest absolute Gasteiger partial charge is 0.340 e. The third-order valence-corrected chi connectivity index (χ3v) is 9.09. The Bertz CT molecular complexity index is 1880. The number of aliphatic hydroxyl groups is 2. The number of esters is 1. The molecule has 0 saturated carbocycles. The van der Waals surface area contributed by atoms with Gasteiger partial charge in [-0.05, 0) is 35.9 Å². The topological polar surface area (TPSA) is 147 Å². The minimum atomic E-state index is -1.62. The summed E-state index contributed by atoms with van der Waals surface area (Å²) in [6.07, 6.45) is 2.75. The molecule has 0 fully saturated rings. The lowest BCUT2D eigenvalue weighted by Gasteiger charge is -2.38. The number of hydrogen-bond donors (Lipinski definition) is 2. The number of ether oxygens (including phenoxy) is 2. The van der Waals surface area contributed by atoms with E-state index in [1.807, 2.05) is 16.3 Å². The van der Waals surface area contributed by atoms with Gasteiger partial charge in [-0.3, -0.25) is 4.90 Å². The average molecular weight is 689 g/mol. The molecule has 0 aliphatic heterocycles. The molecular weight excluding hydrogens is 654 g/mol. The third-order valence-electron chi connectivity index (χ3n) is 8.06. The summed E-state index contributed by atoms with van der Waals surface area (Å²) in [5.41, 5.74) is 1.29. The van der Waals surface area contributed by atoms with Gasteiger partial charge in [0, 0.05) is 48.1 Å². The molecule has 11 nitrogen and oxygen atoms in total. The Morgan fingerprint density at radius 2 is 1.88 bits per heavy atom. The first kappa shape index (κ1) is 35.4. The highest BCUT2D eigenvalue weighted by molar-refractivity contribution is 7.10. The molecule has 0 aliphatic carbocycles. The molecule has 0 spiro atoms. The van der Waals surface area contributed by atoms with Gasteiger partial charge in [0.1, 0.15) is 29.9 Å². The molecule has 0 unspecified atom stereocenters. The number of hydrogen-bond acceptors (Lipinski definition) is 11. The Morgan fingerprint density at radius 1 is 1.10 bits per heavy atom. The molecule has 14 heteroatoms. The maximum Gasteiger partial charge on any atom is 0.340 e. The number of aliphatic hydroxyl groups excluding tert-OH is 2. The van der Waals surface area contributed by atoms with Gasteiger partial charge in [-0.25, -0.2) is 28.2 Å². The van der Waals surface area contributed by atoms with Gasteiger partial charge in [-0.15, -0.1) is 11.3 Å². The second kappa shape index (κ2) is 16.5. The summed E-state index contributed by atoms with van der Waals surface area (Å²) in [6, 6.07) is 19.0. The van der Waals surface area contributed by atoms with E-state index < -0.39 is 35.9 Å². The van der Waals surface area contributed by atoms with Crippen LogP contribution in [0.2, 0.25) is 0 Å². The van der Waals surface area contributed by atoms with Crippen LogP contribution in [0.5, 0.6) is 0 Å². The van der Waals surface area contributed by atoms with Crippen LogP contribution in [-0.4, -0.2) is 73.9 Å². The zero-order chi connectivity index (χ0) is 34.8. The van der Waals surface area contributed by atoms with Crippen molar-refractivity contribution in [2.24, 2.45) is 0 Å². The molecule has 0 amide bonds. The number of carbonyl (C=O) groups is 1. The monoisotopic (exact) mass is 688 g/mol. The predicted molar refractivity (Wildman–Crippen MR) is 176 cm³/mol. The SMILES string of the molecule is C[C@@H](c1nc(-c2ccc(C#N)cc2)cs1)[C@@](Cn1cncn1)(OCOC(=O)c1cccc(CN(CCO)CCO)c1)c1ccc(F)cc1F. The molecule has 0 aliphatic rings. The van der Waals surface area contributed by atoms with Gasteiger partial charge in [0.15, 0.2) is 6.79 Å². The molecule has 0 radical (unpaired) electrons. The average Bonchev–Trinajstić information content (AvgIpc) is 3.81. The van der Waals surface area contributed by atoms with E-state index in [-0.39, 0.29) is 30.9 Å². The molecular formula is C35H34F2N6O5S. The van der Waals surface area contributed by atoms with E-state index in [0.717, 1.165) is 23.3 Å². The predicted octanol–water partition coefficient (Wildman–Crippen LogP) is 4.87. The molecule has 2 aromatic heterocycles. The number of carbonyl (C=O) groups excluding carboxylic acids is 1. The Balaban J connectivity index is 1.45. The summed E-state index contributed by atoms with van der Waals surface area (Å²) in [4.78, 5) is 23.9. The van der Waals surface area contributed by atoms with Gasteiger partial charge in [0.05, 0.1) is 47.7 Å². The van der Waals surface area contributed by atoms with Crippen LogP contribution in [-0.2, 0) is 28.2 Å². The van der Waals surface area contributed by atoms with Gasteiger partial charge in [-0.1, -0.05) is 37.3 Å². The Kier molecular flexibility index (Phi) is 11.9. The third kappa shape index (κ3) is 8.58. The largest absolute Gasteiger partial charge is 0.435 e. The van der Waals surface area contributed by atoms with Crippen LogP contribution in [0.4, 0.5) is 8.78 Å². The van der Waals surface area contributed by atoms with Crippen molar-refractivity contribution in [3.63, 3.8) is 0 Å². The van der Waals surface area contributed by atoms with Crippen LogP contribution in [0.15, 0.2) is 84.8 Å². The number of nitriles is 1. The second-order valence-electron chi connectivity index (χ2n) is 11.2. The molecule has 3 aromatic carbocycles. The Morgan fingerprint density at radius 3 is 2.55 bits per heavy atom. The van der Waals surface area contributed by atoms with Crippen LogP contribution in [0.3, 0.4) is 0 Å². The van der Waals surface area contributed by atoms with Crippen molar-refractivity contribution in [1.82, 2.24) is 24.6 Å². The molecule has 0 bridgehead atoms. The van der Waals surface area contributed by atoms with Crippen molar-refractivity contribution < 1.29 is 33.3 Å². The van der Waals surface area contributed by atoms with Gasteiger partial charge in [0.2, 0.25) is 0 Å². The fourth-order valence-electron chi connectivity index (χ4n) is 5.50. The van der Waals surface area contributed by atoms with Crippen molar-refractivity contribution in [1.29, 1.82) is 5.26 Å². The Hall–Kier alpha value is -4.91. The molecule has 2 N–H and O–H groups in total. The first-order valence-electron chi connectivity index (χ1n) is 15.3. The minimum Gasteiger partial charge on any atom is -0.435 e. The van der Waals surface area contributed by atoms with Crippen LogP contribution >= 0.6 is 11.3 Å². The van der Waals surface area contributed by atoms with E-state index in [9.17, 15) is 24.7 Å². The van der Waals surface area contributed by atoms with Crippen molar-refractivity contribution >= 4 is 17.3 Å². The van der Waals surface area contributed by atoms with Crippen LogP contribution < -0.4 is 0 Å². The van der Waals surface area contributed by atoms with Crippen LogP contribution in [0, 0.1) is 23.0 Å².